The summed E-state index contributed by atoms with van der Waals surface area (Å²) in [5, 5.41) is 4.20. The van der Waals surface area contributed by atoms with E-state index in [9.17, 15) is 0 Å². The van der Waals surface area contributed by atoms with E-state index in [1.54, 1.807) is 11.0 Å². The summed E-state index contributed by atoms with van der Waals surface area (Å²) in [5.41, 5.74) is 6.39. The quantitative estimate of drug-likeness (QED) is 0.582. The third-order valence-electron chi connectivity index (χ3n) is 4.82. The number of hydrogen-bond donors (Lipinski definition) is 0. The van der Waals surface area contributed by atoms with Crippen molar-refractivity contribution in [2.45, 2.75) is 18.8 Å². The summed E-state index contributed by atoms with van der Waals surface area (Å²) in [5.74, 6) is -0.780. The van der Waals surface area contributed by atoms with E-state index in [1.165, 1.54) is 28.6 Å². The number of rotatable bonds is 3. The smallest absolute Gasteiger partial charge is 0.215 e. The van der Waals surface area contributed by atoms with Crippen LogP contribution in [0.3, 0.4) is 0 Å². The lowest BCUT2D eigenvalue weighted by atomic mass is 9.98. The zero-order chi connectivity index (χ0) is 16.0. The number of ether oxygens (including phenoxy) is 2. The minimum atomic E-state index is -0.780. The molecule has 0 unspecified atom stereocenters. The second kappa shape index (κ2) is 5.26. The Kier molecular flexibility index (Phi) is 3.04. The van der Waals surface area contributed by atoms with Gasteiger partial charge in [-0.1, -0.05) is 36.4 Å². The van der Waals surface area contributed by atoms with Crippen molar-refractivity contribution in [2.24, 2.45) is 0 Å². The highest BCUT2D eigenvalue weighted by atomic mass is 16.7. The Morgan fingerprint density at radius 3 is 2.67 bits per heavy atom. The summed E-state index contributed by atoms with van der Waals surface area (Å²) < 4.78 is 13.8. The third kappa shape index (κ3) is 2.09. The molecule has 24 heavy (non-hydrogen) atoms. The molecule has 0 radical (unpaired) electrons. The predicted molar refractivity (Wildman–Crippen MR) is 88.3 cm³/mol. The van der Waals surface area contributed by atoms with E-state index in [4.69, 9.17) is 9.47 Å². The van der Waals surface area contributed by atoms with Crippen molar-refractivity contribution in [3.8, 4) is 11.1 Å². The minimum absolute atomic E-state index is 0.499. The van der Waals surface area contributed by atoms with Gasteiger partial charge in [0, 0.05) is 5.56 Å². The standard InChI is InChI=1S/C19H17N3O2/c1-2-4-17-14(3-1)9-15-10-16(5-6-18(15)17)19(23-7-8-24-19)11-22-13-20-12-21-22/h1-6,10,12-13H,7-9,11H2. The first-order chi connectivity index (χ1) is 11.8. The molecule has 0 bridgehead atoms. The molecule has 1 fully saturated rings. The van der Waals surface area contributed by atoms with E-state index < -0.39 is 5.79 Å². The van der Waals surface area contributed by atoms with Gasteiger partial charge < -0.3 is 9.47 Å². The molecular formula is C19H17N3O2. The van der Waals surface area contributed by atoms with Gasteiger partial charge in [-0.15, -0.1) is 0 Å². The Labute approximate surface area is 139 Å². The zero-order valence-corrected chi connectivity index (χ0v) is 13.2. The second-order valence-electron chi connectivity index (χ2n) is 6.25. The van der Waals surface area contributed by atoms with Crippen molar-refractivity contribution in [3.63, 3.8) is 0 Å². The molecule has 2 aliphatic rings. The molecule has 2 aromatic carbocycles. The molecule has 5 rings (SSSR count). The Bertz CT molecular complexity index is 883. The molecule has 0 N–H and O–H groups in total. The maximum atomic E-state index is 6.03. The van der Waals surface area contributed by atoms with E-state index in [2.05, 4.69) is 52.5 Å². The highest BCUT2D eigenvalue weighted by Gasteiger charge is 2.40. The fourth-order valence-corrected chi connectivity index (χ4v) is 3.71. The van der Waals surface area contributed by atoms with Gasteiger partial charge in [-0.25, -0.2) is 9.67 Å². The SMILES string of the molecule is c1ccc2c(c1)Cc1cc(C3(Cn4cncn4)OCCO3)ccc1-2. The van der Waals surface area contributed by atoms with Gasteiger partial charge in [0.15, 0.2) is 0 Å². The van der Waals surface area contributed by atoms with E-state index in [1.807, 2.05) is 0 Å². The van der Waals surface area contributed by atoms with Crippen molar-refractivity contribution in [1.82, 2.24) is 14.8 Å². The van der Waals surface area contributed by atoms with Crippen molar-refractivity contribution < 1.29 is 9.47 Å². The number of aromatic nitrogens is 3. The van der Waals surface area contributed by atoms with Gasteiger partial charge in [0.05, 0.1) is 13.2 Å². The van der Waals surface area contributed by atoms with Crippen LogP contribution in [0.1, 0.15) is 16.7 Å². The average molecular weight is 319 g/mol. The van der Waals surface area contributed by atoms with Crippen LogP contribution in [-0.2, 0) is 28.2 Å². The number of benzene rings is 2. The van der Waals surface area contributed by atoms with Gasteiger partial charge in [0.2, 0.25) is 5.79 Å². The van der Waals surface area contributed by atoms with Crippen molar-refractivity contribution >= 4 is 0 Å². The first-order valence-electron chi connectivity index (χ1n) is 8.16. The summed E-state index contributed by atoms with van der Waals surface area (Å²) in [6.07, 6.45) is 4.18. The van der Waals surface area contributed by atoms with E-state index >= 15 is 0 Å². The summed E-state index contributed by atoms with van der Waals surface area (Å²) in [6.45, 7) is 1.68. The molecule has 2 heterocycles. The van der Waals surface area contributed by atoms with Gasteiger partial charge in [-0.2, -0.15) is 5.10 Å². The number of fused-ring (bicyclic) bond motifs is 3. The normalized spacial score (nSPS) is 17.7. The summed E-state index contributed by atoms with van der Waals surface area (Å²) in [6, 6.07) is 15.1. The van der Waals surface area contributed by atoms with E-state index in [0.717, 1.165) is 12.0 Å². The lowest BCUT2D eigenvalue weighted by Crippen LogP contribution is -2.33. The van der Waals surface area contributed by atoms with E-state index in [0.29, 0.717) is 19.8 Å². The lowest BCUT2D eigenvalue weighted by Gasteiger charge is -2.28. The van der Waals surface area contributed by atoms with Crippen LogP contribution in [0.25, 0.3) is 11.1 Å². The highest BCUT2D eigenvalue weighted by Crippen LogP contribution is 2.40. The van der Waals surface area contributed by atoms with Gasteiger partial charge in [0.25, 0.3) is 0 Å². The molecule has 1 aliphatic heterocycles. The van der Waals surface area contributed by atoms with Crippen LogP contribution in [0.2, 0.25) is 0 Å². The van der Waals surface area contributed by atoms with Crippen LogP contribution in [0.4, 0.5) is 0 Å². The summed E-state index contributed by atoms with van der Waals surface area (Å²) in [4.78, 5) is 4.01. The molecule has 0 saturated carbocycles. The Morgan fingerprint density at radius 1 is 1.00 bits per heavy atom. The number of hydrogen-bond acceptors (Lipinski definition) is 4. The third-order valence-corrected chi connectivity index (χ3v) is 4.82. The average Bonchev–Trinajstić information content (AvgIpc) is 3.34. The molecule has 0 atom stereocenters. The molecule has 1 aliphatic carbocycles. The van der Waals surface area contributed by atoms with Crippen LogP contribution < -0.4 is 0 Å². The molecule has 3 aromatic rings. The maximum absolute atomic E-state index is 6.03. The lowest BCUT2D eigenvalue weighted by molar-refractivity contribution is -0.177. The van der Waals surface area contributed by atoms with Gasteiger partial charge >= 0.3 is 0 Å². The second-order valence-corrected chi connectivity index (χ2v) is 6.25. The molecule has 0 amide bonds. The molecule has 1 saturated heterocycles. The van der Waals surface area contributed by atoms with E-state index in [-0.39, 0.29) is 0 Å². The minimum Gasteiger partial charge on any atom is -0.342 e. The molecule has 1 aromatic heterocycles. The Hall–Kier alpha value is -2.50. The van der Waals surface area contributed by atoms with Crippen LogP contribution in [0.15, 0.2) is 55.1 Å². The fraction of sp³-hybridized carbons (Fsp3) is 0.263. The number of nitrogens with zero attached hydrogens (tertiary/aromatic N) is 3. The van der Waals surface area contributed by atoms with Gasteiger partial charge in [-0.05, 0) is 34.7 Å². The molecule has 5 heteroatoms. The molecule has 5 nitrogen and oxygen atoms in total. The Morgan fingerprint density at radius 2 is 1.83 bits per heavy atom. The fourth-order valence-electron chi connectivity index (χ4n) is 3.71. The van der Waals surface area contributed by atoms with Gasteiger partial charge in [-0.3, -0.25) is 0 Å². The molecule has 120 valence electrons. The van der Waals surface area contributed by atoms with Crippen LogP contribution in [-0.4, -0.2) is 28.0 Å². The Balaban J connectivity index is 1.55. The summed E-state index contributed by atoms with van der Waals surface area (Å²) in [7, 11) is 0. The van der Waals surface area contributed by atoms with Crippen molar-refractivity contribution in [2.75, 3.05) is 13.2 Å². The summed E-state index contributed by atoms with van der Waals surface area (Å²) >= 11 is 0. The maximum Gasteiger partial charge on any atom is 0.215 e. The zero-order valence-electron chi connectivity index (χ0n) is 13.2. The van der Waals surface area contributed by atoms with Crippen molar-refractivity contribution in [1.29, 1.82) is 0 Å². The van der Waals surface area contributed by atoms with Gasteiger partial charge in [0.1, 0.15) is 19.2 Å². The van der Waals surface area contributed by atoms with Crippen molar-refractivity contribution in [3.05, 3.63) is 71.8 Å². The first-order valence-corrected chi connectivity index (χ1v) is 8.16. The highest BCUT2D eigenvalue weighted by molar-refractivity contribution is 5.77. The molecular weight excluding hydrogens is 302 g/mol. The topological polar surface area (TPSA) is 49.2 Å². The largest absolute Gasteiger partial charge is 0.342 e. The predicted octanol–water partition coefficient (Wildman–Crippen LogP) is 2.75. The monoisotopic (exact) mass is 319 g/mol. The first kappa shape index (κ1) is 13.9. The molecule has 0 spiro atoms. The van der Waals surface area contributed by atoms with Crippen LogP contribution >= 0.6 is 0 Å². The van der Waals surface area contributed by atoms with Crippen LogP contribution in [0, 0.1) is 0 Å². The van der Waals surface area contributed by atoms with Crippen LogP contribution in [0.5, 0.6) is 0 Å².